The van der Waals surface area contributed by atoms with Crippen molar-refractivity contribution in [2.24, 2.45) is 0 Å². The summed E-state index contributed by atoms with van der Waals surface area (Å²) in [6.07, 6.45) is 106. The molecular weight excluding hydrogens is 1050 g/mol. The number of carbonyl (C=O) groups is 2. The van der Waals surface area contributed by atoms with Crippen molar-refractivity contribution in [1.29, 1.82) is 0 Å². The van der Waals surface area contributed by atoms with E-state index in [2.05, 4.69) is 74.6 Å². The highest BCUT2D eigenvalue weighted by Crippen LogP contribution is 2.20. The van der Waals surface area contributed by atoms with Crippen LogP contribution in [-0.4, -0.2) is 36.4 Å². The average molecular weight is 1200 g/mol. The smallest absolute Gasteiger partial charge is 0.306 e. The lowest BCUT2D eigenvalue weighted by molar-refractivity contribution is -0.161. The Labute approximate surface area is 538 Å². The fourth-order valence-electron chi connectivity index (χ4n) is 12.0. The fourth-order valence-corrected chi connectivity index (χ4v) is 12.0. The molecule has 86 heavy (non-hydrogen) atoms. The second kappa shape index (κ2) is 76.8. The molecular formula is C81H150O5. The zero-order valence-electron chi connectivity index (χ0n) is 58.1. The Hall–Kier alpha value is -2.40. The second-order valence-electron chi connectivity index (χ2n) is 26.4. The van der Waals surface area contributed by atoms with Crippen molar-refractivity contribution in [3.8, 4) is 0 Å². The van der Waals surface area contributed by atoms with Crippen LogP contribution in [0.3, 0.4) is 0 Å². The van der Waals surface area contributed by atoms with Crippen LogP contribution in [0.25, 0.3) is 0 Å². The summed E-state index contributed by atoms with van der Waals surface area (Å²) in [5.41, 5.74) is 0. The van der Waals surface area contributed by atoms with Crippen molar-refractivity contribution >= 4 is 11.9 Å². The van der Waals surface area contributed by atoms with Gasteiger partial charge in [-0.2, -0.15) is 0 Å². The number of carbonyl (C=O) groups excluding carboxylic acids is 2. The maximum absolute atomic E-state index is 12.4. The Morgan fingerprint density at radius 2 is 0.500 bits per heavy atom. The molecule has 504 valence electrons. The molecule has 0 aromatic heterocycles. The van der Waals surface area contributed by atoms with Crippen molar-refractivity contribution in [3.05, 3.63) is 60.8 Å². The molecule has 0 aliphatic rings. The summed E-state index contributed by atoms with van der Waals surface area (Å²) in [5.74, 6) is -0.565. The Balaban J connectivity index is 3.37. The topological polar surface area (TPSA) is 72.8 Å². The van der Waals surface area contributed by atoms with Gasteiger partial charge in [-0.15, -0.1) is 0 Å². The molecule has 0 saturated carbocycles. The molecule has 0 heterocycles. The largest absolute Gasteiger partial charge is 0.462 e. The summed E-state index contributed by atoms with van der Waals surface area (Å²) in [4.78, 5) is 24.7. The van der Waals surface area contributed by atoms with E-state index in [0.717, 1.165) is 57.8 Å². The Kier molecular flexibility index (Phi) is 74.7. The van der Waals surface area contributed by atoms with E-state index in [1.165, 1.54) is 340 Å². The number of aliphatic hydroxyl groups is 1. The van der Waals surface area contributed by atoms with Crippen LogP contribution in [0.4, 0.5) is 0 Å². The highest BCUT2D eigenvalue weighted by atomic mass is 16.6. The van der Waals surface area contributed by atoms with Gasteiger partial charge in [0.05, 0.1) is 6.61 Å². The first kappa shape index (κ1) is 83.6. The van der Waals surface area contributed by atoms with Crippen molar-refractivity contribution < 1.29 is 24.2 Å². The van der Waals surface area contributed by atoms with Gasteiger partial charge in [-0.1, -0.05) is 396 Å². The van der Waals surface area contributed by atoms with Crippen molar-refractivity contribution in [3.63, 3.8) is 0 Å². The monoisotopic (exact) mass is 1200 g/mol. The second-order valence-corrected chi connectivity index (χ2v) is 26.4. The summed E-state index contributed by atoms with van der Waals surface area (Å²) in [6.45, 7) is 4.09. The number of hydrogen-bond acceptors (Lipinski definition) is 5. The van der Waals surface area contributed by atoms with E-state index in [4.69, 9.17) is 9.47 Å². The first-order valence-electron chi connectivity index (χ1n) is 38.8. The zero-order chi connectivity index (χ0) is 61.9. The van der Waals surface area contributed by atoms with Gasteiger partial charge in [0.15, 0.2) is 6.10 Å². The van der Waals surface area contributed by atoms with Crippen LogP contribution < -0.4 is 0 Å². The summed E-state index contributed by atoms with van der Waals surface area (Å²) >= 11 is 0. The van der Waals surface area contributed by atoms with Crippen LogP contribution in [0.1, 0.15) is 425 Å². The van der Waals surface area contributed by atoms with Gasteiger partial charge in [-0.25, -0.2) is 0 Å². The van der Waals surface area contributed by atoms with Crippen LogP contribution in [0.2, 0.25) is 0 Å². The van der Waals surface area contributed by atoms with E-state index in [1.807, 2.05) is 0 Å². The lowest BCUT2D eigenvalue weighted by Crippen LogP contribution is -2.28. The molecule has 0 radical (unpaired) electrons. The van der Waals surface area contributed by atoms with Crippen molar-refractivity contribution in [1.82, 2.24) is 0 Å². The molecule has 0 aliphatic heterocycles. The molecule has 0 aliphatic carbocycles. The van der Waals surface area contributed by atoms with Gasteiger partial charge in [-0.3, -0.25) is 9.59 Å². The minimum atomic E-state index is -0.772. The highest BCUT2D eigenvalue weighted by Gasteiger charge is 2.16. The van der Waals surface area contributed by atoms with Gasteiger partial charge in [0.25, 0.3) is 0 Å². The molecule has 0 aromatic rings. The van der Waals surface area contributed by atoms with Gasteiger partial charge in [-0.05, 0) is 77.0 Å². The molecule has 0 fully saturated rings. The molecule has 0 rings (SSSR count). The van der Waals surface area contributed by atoms with Crippen LogP contribution in [0, 0.1) is 0 Å². The third-order valence-corrected chi connectivity index (χ3v) is 17.8. The standard InChI is InChI=1S/C81H150O5/c1-3-5-7-9-11-13-15-17-19-21-23-25-27-29-31-33-35-37-38-39-40-41-42-44-45-47-49-51-53-55-57-59-61-63-65-67-69-71-73-75-80(83)85-78-79(77-82)86-81(84)76-74-72-70-68-66-64-62-60-58-56-54-52-50-48-46-43-36-34-32-30-28-26-24-22-20-18-16-14-12-10-8-6-4-2/h6,8,12,14,18,20-21,23-24,26,79,82H,3-5,7,9-11,13,15-17,19,22,25,27-78H2,1-2H3/b8-6-,14-12-,20-18-,23-21-,26-24-. The molecule has 0 spiro atoms. The van der Waals surface area contributed by atoms with E-state index in [1.54, 1.807) is 0 Å². The molecule has 0 bridgehead atoms. The van der Waals surface area contributed by atoms with Crippen molar-refractivity contribution in [2.45, 2.75) is 431 Å². The molecule has 5 heteroatoms. The number of ether oxygens (including phenoxy) is 2. The predicted molar refractivity (Wildman–Crippen MR) is 380 cm³/mol. The molecule has 5 nitrogen and oxygen atoms in total. The number of allylic oxidation sites excluding steroid dienone is 10. The van der Waals surface area contributed by atoms with E-state index >= 15 is 0 Å². The number of unbranched alkanes of at least 4 members (excludes halogenated alkanes) is 55. The van der Waals surface area contributed by atoms with Crippen LogP contribution in [0.5, 0.6) is 0 Å². The number of rotatable bonds is 73. The Morgan fingerprint density at radius 1 is 0.279 bits per heavy atom. The maximum Gasteiger partial charge on any atom is 0.306 e. The van der Waals surface area contributed by atoms with Gasteiger partial charge in [0, 0.05) is 12.8 Å². The molecule has 1 unspecified atom stereocenters. The lowest BCUT2D eigenvalue weighted by Gasteiger charge is -2.15. The molecule has 0 aromatic carbocycles. The van der Waals surface area contributed by atoms with Gasteiger partial charge in [0.2, 0.25) is 0 Å². The molecule has 0 saturated heterocycles. The summed E-state index contributed by atoms with van der Waals surface area (Å²) in [5, 5.41) is 9.72. The average Bonchev–Trinajstić information content (AvgIpc) is 3.55. The van der Waals surface area contributed by atoms with Crippen molar-refractivity contribution in [2.75, 3.05) is 13.2 Å². The van der Waals surface area contributed by atoms with Crippen LogP contribution in [0.15, 0.2) is 60.8 Å². The summed E-state index contributed by atoms with van der Waals surface area (Å²) in [7, 11) is 0. The van der Waals surface area contributed by atoms with Gasteiger partial charge in [0.1, 0.15) is 6.61 Å². The third kappa shape index (κ3) is 74.1. The fraction of sp³-hybridized carbons (Fsp3) is 0.852. The van der Waals surface area contributed by atoms with Gasteiger partial charge < -0.3 is 14.6 Å². The summed E-state index contributed by atoms with van der Waals surface area (Å²) in [6, 6.07) is 0. The highest BCUT2D eigenvalue weighted by molar-refractivity contribution is 5.70. The zero-order valence-corrected chi connectivity index (χ0v) is 58.1. The van der Waals surface area contributed by atoms with E-state index in [-0.39, 0.29) is 25.2 Å². The van der Waals surface area contributed by atoms with E-state index < -0.39 is 6.10 Å². The van der Waals surface area contributed by atoms with Crippen LogP contribution >= 0.6 is 0 Å². The minimum Gasteiger partial charge on any atom is -0.462 e. The van der Waals surface area contributed by atoms with Crippen LogP contribution in [-0.2, 0) is 19.1 Å². The minimum absolute atomic E-state index is 0.0600. The molecule has 1 atom stereocenters. The van der Waals surface area contributed by atoms with Gasteiger partial charge >= 0.3 is 11.9 Å². The Morgan fingerprint density at radius 3 is 0.767 bits per heavy atom. The first-order valence-corrected chi connectivity index (χ1v) is 38.8. The SMILES string of the molecule is CC/C=C\C/C=C\C/C=C\C/C=C\CCCCCCCCCCCCCCCCCCCCCCC(=O)OC(CO)COC(=O)CCCCCCCCCCCCCCCCCCCCCCCCCCCCC/C=C\CCCCCCCCCC. The molecule has 0 amide bonds. The third-order valence-electron chi connectivity index (χ3n) is 17.8. The number of esters is 2. The van der Waals surface area contributed by atoms with E-state index in [9.17, 15) is 14.7 Å². The number of aliphatic hydroxyl groups excluding tert-OH is 1. The molecule has 1 N–H and O–H groups in total. The maximum atomic E-state index is 12.4. The number of hydrogen-bond donors (Lipinski definition) is 1. The lowest BCUT2D eigenvalue weighted by atomic mass is 10.0. The summed E-state index contributed by atoms with van der Waals surface area (Å²) < 4.78 is 10.8. The predicted octanol–water partition coefficient (Wildman–Crippen LogP) is 27.2. The normalized spacial score (nSPS) is 12.5. The first-order chi connectivity index (χ1) is 42.6. The Bertz CT molecular complexity index is 1460. The van der Waals surface area contributed by atoms with E-state index in [0.29, 0.717) is 12.8 Å². The quantitative estimate of drug-likeness (QED) is 0.0373.